The predicted octanol–water partition coefficient (Wildman–Crippen LogP) is 6.32. The third-order valence-electron chi connectivity index (χ3n) is 7.00. The van der Waals surface area contributed by atoms with Gasteiger partial charge in [0.2, 0.25) is 0 Å². The van der Waals surface area contributed by atoms with Crippen LogP contribution in [0, 0.1) is 5.92 Å². The van der Waals surface area contributed by atoms with Gasteiger partial charge in [-0.25, -0.2) is 0 Å². The second-order valence-corrected chi connectivity index (χ2v) is 9.82. The second-order valence-electron chi connectivity index (χ2n) is 8.90. The first-order valence-electron chi connectivity index (χ1n) is 11.6. The molecule has 0 spiro atoms. The lowest BCUT2D eigenvalue weighted by molar-refractivity contribution is -0.124. The Balaban J connectivity index is 1.26. The van der Waals surface area contributed by atoms with E-state index in [-0.39, 0.29) is 11.8 Å². The summed E-state index contributed by atoms with van der Waals surface area (Å²) < 4.78 is 1.40. The van der Waals surface area contributed by atoms with Crippen LogP contribution in [0.3, 0.4) is 0 Å². The maximum atomic E-state index is 13.3. The topological polar surface area (TPSA) is 33.2 Å². The molecule has 2 aliphatic rings. The zero-order valence-electron chi connectivity index (χ0n) is 18.0. The Morgan fingerprint density at radius 2 is 2.03 bits per heavy atom. The van der Waals surface area contributed by atoms with Gasteiger partial charge >= 0.3 is 0 Å². The van der Waals surface area contributed by atoms with E-state index in [9.17, 15) is 4.79 Å². The van der Waals surface area contributed by atoms with Crippen molar-refractivity contribution in [2.75, 3.05) is 19.6 Å². The van der Waals surface area contributed by atoms with Crippen molar-refractivity contribution in [2.24, 2.45) is 5.92 Å². The van der Waals surface area contributed by atoms with E-state index in [1.807, 2.05) is 35.7 Å². The molecule has 2 aromatic heterocycles. The Bertz CT molecular complexity index is 1070. The fourth-order valence-corrected chi connectivity index (χ4v) is 6.18. The van der Waals surface area contributed by atoms with Crippen LogP contribution in [0.4, 0.5) is 0 Å². The van der Waals surface area contributed by atoms with Gasteiger partial charge in [0, 0.05) is 29.9 Å². The molecule has 160 valence electrons. The number of nitrogens with zero attached hydrogens (tertiary/aromatic N) is 2. The Hall–Kier alpha value is -2.30. The highest BCUT2D eigenvalue weighted by molar-refractivity contribution is 7.17. The van der Waals surface area contributed by atoms with E-state index in [1.54, 1.807) is 0 Å². The largest absolute Gasteiger partial charge is 0.299 e. The number of ketones is 1. The zero-order chi connectivity index (χ0) is 21.0. The second kappa shape index (κ2) is 9.46. The summed E-state index contributed by atoms with van der Waals surface area (Å²) >= 11 is 1.84. The SMILES string of the molecule is O=C(C1CCCC1)C(CCN1CC=C(c2cccc3ccsc23)CC1)c1ccccn1. The van der Waals surface area contributed by atoms with Crippen LogP contribution in [0.15, 0.2) is 60.1 Å². The fraction of sp³-hybridized carbons (Fsp3) is 0.407. The Morgan fingerprint density at radius 1 is 1.13 bits per heavy atom. The normalized spacial score (nSPS) is 18.9. The number of hydrogen-bond donors (Lipinski definition) is 0. The monoisotopic (exact) mass is 430 g/mol. The third kappa shape index (κ3) is 4.51. The number of hydrogen-bond acceptors (Lipinski definition) is 4. The molecule has 1 aliphatic heterocycles. The van der Waals surface area contributed by atoms with Crippen molar-refractivity contribution in [3.63, 3.8) is 0 Å². The molecule has 3 heterocycles. The van der Waals surface area contributed by atoms with Crippen molar-refractivity contribution in [1.82, 2.24) is 9.88 Å². The van der Waals surface area contributed by atoms with Crippen molar-refractivity contribution in [1.29, 1.82) is 0 Å². The standard InChI is InChI=1S/C27H30N2OS/c30-26(21-6-1-2-7-21)24(25-10-3-4-15-28-25)13-18-29-16-11-20(12-17-29)23-9-5-8-22-14-19-31-27(22)23/h3-5,8-11,14-15,19,21,24H,1-2,6-7,12-13,16-18H2. The Labute approximate surface area is 188 Å². The molecular weight excluding hydrogens is 400 g/mol. The van der Waals surface area contributed by atoms with Gasteiger partial charge in [0.25, 0.3) is 0 Å². The van der Waals surface area contributed by atoms with Crippen LogP contribution < -0.4 is 0 Å². The number of carbonyl (C=O) groups is 1. The molecule has 1 fully saturated rings. The van der Waals surface area contributed by atoms with E-state index in [0.29, 0.717) is 5.78 Å². The number of aromatic nitrogens is 1. The minimum absolute atomic E-state index is 0.0606. The molecule has 1 aliphatic carbocycles. The molecule has 1 unspecified atom stereocenters. The summed E-state index contributed by atoms with van der Waals surface area (Å²) in [5.41, 5.74) is 3.82. The van der Waals surface area contributed by atoms with E-state index in [4.69, 9.17) is 0 Å². The molecule has 0 N–H and O–H groups in total. The zero-order valence-corrected chi connectivity index (χ0v) is 18.8. The number of fused-ring (bicyclic) bond motifs is 1. The summed E-state index contributed by atoms with van der Waals surface area (Å²) in [5.74, 6) is 0.606. The Morgan fingerprint density at radius 3 is 2.81 bits per heavy atom. The molecule has 1 aromatic carbocycles. The number of Topliss-reactive ketones (excluding diaryl/α,β-unsaturated/α-hetero) is 1. The van der Waals surface area contributed by atoms with Gasteiger partial charge in [-0.05, 0) is 72.3 Å². The highest BCUT2D eigenvalue weighted by Gasteiger charge is 2.31. The smallest absolute Gasteiger partial charge is 0.145 e. The summed E-state index contributed by atoms with van der Waals surface area (Å²) in [5, 5.41) is 3.53. The van der Waals surface area contributed by atoms with Crippen molar-refractivity contribution in [2.45, 2.75) is 44.4 Å². The van der Waals surface area contributed by atoms with Gasteiger partial charge in [0.05, 0.1) is 11.6 Å². The van der Waals surface area contributed by atoms with E-state index in [2.05, 4.69) is 45.6 Å². The number of thiophene rings is 1. The summed E-state index contributed by atoms with van der Waals surface area (Å²) in [4.78, 5) is 20.3. The lowest BCUT2D eigenvalue weighted by Crippen LogP contribution is -2.32. The maximum Gasteiger partial charge on any atom is 0.145 e. The number of pyridine rings is 1. The van der Waals surface area contributed by atoms with Gasteiger partial charge in [-0.1, -0.05) is 43.2 Å². The lowest BCUT2D eigenvalue weighted by atomic mass is 9.86. The van der Waals surface area contributed by atoms with E-state index in [1.165, 1.54) is 34.1 Å². The summed E-state index contributed by atoms with van der Waals surface area (Å²) in [6, 6.07) is 14.8. The Kier molecular flexibility index (Phi) is 6.28. The average Bonchev–Trinajstić information content (AvgIpc) is 3.52. The average molecular weight is 431 g/mol. The van der Waals surface area contributed by atoms with Crippen LogP contribution in [0.5, 0.6) is 0 Å². The van der Waals surface area contributed by atoms with E-state index in [0.717, 1.165) is 51.0 Å². The molecule has 31 heavy (non-hydrogen) atoms. The van der Waals surface area contributed by atoms with E-state index >= 15 is 0 Å². The van der Waals surface area contributed by atoms with Gasteiger partial charge in [-0.2, -0.15) is 0 Å². The van der Waals surface area contributed by atoms with Crippen molar-refractivity contribution in [3.8, 4) is 0 Å². The molecule has 5 rings (SSSR count). The highest BCUT2D eigenvalue weighted by atomic mass is 32.1. The van der Waals surface area contributed by atoms with Crippen LogP contribution in [0.1, 0.15) is 55.7 Å². The molecule has 0 saturated heterocycles. The first kappa shape index (κ1) is 20.6. The molecule has 1 atom stereocenters. The number of rotatable bonds is 7. The molecule has 4 heteroatoms. The van der Waals surface area contributed by atoms with Crippen LogP contribution in [-0.2, 0) is 4.79 Å². The molecule has 1 saturated carbocycles. The predicted molar refractivity (Wildman–Crippen MR) is 129 cm³/mol. The van der Waals surface area contributed by atoms with Gasteiger partial charge < -0.3 is 0 Å². The molecule has 0 bridgehead atoms. The van der Waals surface area contributed by atoms with Crippen LogP contribution in [-0.4, -0.2) is 35.3 Å². The quantitative estimate of drug-likeness (QED) is 0.440. The number of carbonyl (C=O) groups excluding carboxylic acids is 1. The van der Waals surface area contributed by atoms with Crippen molar-refractivity contribution < 1.29 is 4.79 Å². The lowest BCUT2D eigenvalue weighted by Gasteiger charge is -2.28. The maximum absolute atomic E-state index is 13.3. The third-order valence-corrected chi connectivity index (χ3v) is 7.96. The van der Waals surface area contributed by atoms with E-state index < -0.39 is 0 Å². The molecular formula is C27H30N2OS. The minimum atomic E-state index is -0.0606. The van der Waals surface area contributed by atoms with Crippen molar-refractivity contribution in [3.05, 3.63) is 71.4 Å². The first-order valence-corrected chi connectivity index (χ1v) is 12.5. The van der Waals surface area contributed by atoms with Crippen LogP contribution in [0.25, 0.3) is 15.7 Å². The highest BCUT2D eigenvalue weighted by Crippen LogP contribution is 2.34. The van der Waals surface area contributed by atoms with Gasteiger partial charge in [-0.15, -0.1) is 11.3 Å². The van der Waals surface area contributed by atoms with Crippen LogP contribution in [0.2, 0.25) is 0 Å². The van der Waals surface area contributed by atoms with Crippen LogP contribution >= 0.6 is 11.3 Å². The van der Waals surface area contributed by atoms with Gasteiger partial charge in [0.1, 0.15) is 5.78 Å². The molecule has 0 amide bonds. The van der Waals surface area contributed by atoms with Gasteiger partial charge in [-0.3, -0.25) is 14.7 Å². The summed E-state index contributed by atoms with van der Waals surface area (Å²) in [6.07, 6.45) is 10.7. The minimum Gasteiger partial charge on any atom is -0.299 e. The summed E-state index contributed by atoms with van der Waals surface area (Å²) in [6.45, 7) is 2.97. The fourth-order valence-electron chi connectivity index (χ4n) is 5.23. The summed E-state index contributed by atoms with van der Waals surface area (Å²) in [7, 11) is 0. The van der Waals surface area contributed by atoms with Gasteiger partial charge in [0.15, 0.2) is 0 Å². The number of benzene rings is 1. The molecule has 3 aromatic rings. The first-order chi connectivity index (χ1) is 15.3. The molecule has 3 nitrogen and oxygen atoms in total. The van der Waals surface area contributed by atoms with Crippen molar-refractivity contribution >= 4 is 32.8 Å². The molecule has 0 radical (unpaired) electrons.